The molecular weight excluding hydrogens is 530 g/mol. The van der Waals surface area contributed by atoms with Gasteiger partial charge in [0, 0.05) is 17.3 Å². The van der Waals surface area contributed by atoms with Crippen molar-refractivity contribution in [2.45, 2.75) is 11.8 Å². The molecule has 0 aliphatic carbocycles. The number of pyridine rings is 1. The van der Waals surface area contributed by atoms with Gasteiger partial charge in [-0.2, -0.15) is 0 Å². The summed E-state index contributed by atoms with van der Waals surface area (Å²) >= 11 is 1.46. The summed E-state index contributed by atoms with van der Waals surface area (Å²) in [5.41, 5.74) is 4.30. The molecule has 0 unspecified atom stereocenters. The summed E-state index contributed by atoms with van der Waals surface area (Å²) in [6, 6.07) is 12.1. The summed E-state index contributed by atoms with van der Waals surface area (Å²) in [7, 11) is -3.69. The highest BCUT2D eigenvalue weighted by Crippen LogP contribution is 2.30. The van der Waals surface area contributed by atoms with Crippen LogP contribution in [0.5, 0.6) is 0 Å². The first kappa shape index (κ1) is 22.5. The molecule has 0 spiro atoms. The number of rotatable bonds is 4. The van der Waals surface area contributed by atoms with Crippen molar-refractivity contribution in [2.24, 2.45) is 5.14 Å². The Bertz CT molecular complexity index is 1200. The van der Waals surface area contributed by atoms with Crippen LogP contribution in [0.3, 0.4) is 0 Å². The summed E-state index contributed by atoms with van der Waals surface area (Å²) in [6.45, 7) is 1.96. The van der Waals surface area contributed by atoms with Crippen LogP contribution in [0.2, 0.25) is 0 Å². The zero-order valence-corrected chi connectivity index (χ0v) is 19.6. The second-order valence-corrected chi connectivity index (χ2v) is 8.13. The van der Waals surface area contributed by atoms with Crippen LogP contribution in [0, 0.1) is 6.92 Å². The maximum absolute atomic E-state index is 11.3. The standard InChI is InChI=1S/C17H15N5O2S2.2BrH/c1-11-16(22-9-3-2-4-15(22)19-11)14-10-25-17(21-14)20-12-5-7-13(8-6-12)26(18,23)24;;/h2-10H,1H3,(H,20,21)(H2,18,23,24);2*1H. The number of aromatic nitrogens is 3. The Kier molecular flexibility index (Phi) is 6.99. The molecule has 1 aromatic carbocycles. The number of nitrogens with one attached hydrogen (secondary N) is 1. The van der Waals surface area contributed by atoms with Crippen molar-refractivity contribution in [3.05, 3.63) is 59.7 Å². The summed E-state index contributed by atoms with van der Waals surface area (Å²) < 4.78 is 24.6. The highest BCUT2D eigenvalue weighted by molar-refractivity contribution is 8.93. The maximum Gasteiger partial charge on any atom is 0.238 e. The molecule has 0 saturated carbocycles. The van der Waals surface area contributed by atoms with Gasteiger partial charge in [-0.3, -0.25) is 4.40 Å². The Labute approximate surface area is 187 Å². The average molecular weight is 547 g/mol. The van der Waals surface area contributed by atoms with Crippen molar-refractivity contribution in [3.63, 3.8) is 0 Å². The summed E-state index contributed by atoms with van der Waals surface area (Å²) in [6.07, 6.45) is 1.96. The van der Waals surface area contributed by atoms with Crippen LogP contribution >= 0.6 is 45.3 Å². The van der Waals surface area contributed by atoms with Gasteiger partial charge < -0.3 is 5.32 Å². The third kappa shape index (κ3) is 4.44. The minimum atomic E-state index is -3.69. The summed E-state index contributed by atoms with van der Waals surface area (Å²) in [5.74, 6) is 0. The van der Waals surface area contributed by atoms with Crippen LogP contribution in [0.4, 0.5) is 10.8 Å². The highest BCUT2D eigenvalue weighted by Gasteiger charge is 2.14. The number of imidazole rings is 1. The van der Waals surface area contributed by atoms with E-state index in [-0.39, 0.29) is 38.9 Å². The fraction of sp³-hybridized carbons (Fsp3) is 0.0588. The van der Waals surface area contributed by atoms with Gasteiger partial charge in [-0.05, 0) is 43.3 Å². The molecule has 148 valence electrons. The zero-order valence-electron chi connectivity index (χ0n) is 14.6. The Morgan fingerprint density at radius 2 is 1.79 bits per heavy atom. The molecule has 4 aromatic rings. The van der Waals surface area contributed by atoms with Crippen LogP contribution in [-0.2, 0) is 10.0 Å². The molecule has 0 radical (unpaired) electrons. The van der Waals surface area contributed by atoms with Crippen LogP contribution in [0.1, 0.15) is 5.69 Å². The van der Waals surface area contributed by atoms with Crippen molar-refractivity contribution in [1.29, 1.82) is 0 Å². The molecule has 3 aromatic heterocycles. The predicted octanol–water partition coefficient (Wildman–Crippen LogP) is 4.31. The number of aryl methyl sites for hydroxylation is 1. The van der Waals surface area contributed by atoms with E-state index in [1.165, 1.54) is 23.5 Å². The van der Waals surface area contributed by atoms with E-state index < -0.39 is 10.0 Å². The largest absolute Gasteiger partial charge is 0.332 e. The fourth-order valence-corrected chi connectivity index (χ4v) is 3.94. The predicted molar refractivity (Wildman–Crippen MR) is 123 cm³/mol. The van der Waals surface area contributed by atoms with E-state index in [2.05, 4.69) is 15.3 Å². The Hall–Kier alpha value is -1.79. The van der Waals surface area contributed by atoms with Crippen LogP contribution < -0.4 is 10.5 Å². The Morgan fingerprint density at radius 1 is 1.07 bits per heavy atom. The van der Waals surface area contributed by atoms with Gasteiger partial charge in [0.15, 0.2) is 5.13 Å². The summed E-state index contributed by atoms with van der Waals surface area (Å²) in [5, 5.41) is 10.9. The topological polar surface area (TPSA) is 102 Å². The number of hydrogen-bond acceptors (Lipinski definition) is 6. The Balaban J connectivity index is 0.00000140. The first-order chi connectivity index (χ1) is 12.4. The molecule has 0 amide bonds. The van der Waals surface area contributed by atoms with Gasteiger partial charge in [0.05, 0.1) is 16.3 Å². The number of primary sulfonamides is 1. The van der Waals surface area contributed by atoms with Gasteiger partial charge in [-0.1, -0.05) is 6.07 Å². The monoisotopic (exact) mass is 545 g/mol. The molecule has 0 fully saturated rings. The molecule has 3 N–H and O–H groups in total. The normalized spacial score (nSPS) is 10.9. The zero-order chi connectivity index (χ0) is 18.3. The lowest BCUT2D eigenvalue weighted by molar-refractivity contribution is 0.598. The molecule has 3 heterocycles. The number of thiazole rings is 1. The molecule has 7 nitrogen and oxygen atoms in total. The first-order valence-electron chi connectivity index (χ1n) is 7.71. The van der Waals surface area contributed by atoms with Gasteiger partial charge in [-0.25, -0.2) is 23.5 Å². The van der Waals surface area contributed by atoms with Gasteiger partial charge in [-0.15, -0.1) is 45.3 Å². The van der Waals surface area contributed by atoms with E-state index in [9.17, 15) is 8.42 Å². The third-order valence-corrected chi connectivity index (χ3v) is 5.57. The Morgan fingerprint density at radius 3 is 2.46 bits per heavy atom. The highest BCUT2D eigenvalue weighted by atomic mass is 79.9. The number of anilines is 2. The van der Waals surface area contributed by atoms with Crippen molar-refractivity contribution < 1.29 is 8.42 Å². The van der Waals surface area contributed by atoms with Crippen molar-refractivity contribution in [3.8, 4) is 11.4 Å². The molecule has 0 saturated heterocycles. The average Bonchev–Trinajstić information content (AvgIpc) is 3.17. The lowest BCUT2D eigenvalue weighted by Crippen LogP contribution is -2.11. The van der Waals surface area contributed by atoms with Crippen molar-refractivity contribution in [1.82, 2.24) is 14.4 Å². The third-order valence-electron chi connectivity index (χ3n) is 3.89. The van der Waals surface area contributed by atoms with E-state index in [1.54, 1.807) is 12.1 Å². The molecule has 11 heteroatoms. The van der Waals surface area contributed by atoms with E-state index in [1.807, 2.05) is 41.1 Å². The number of halogens is 2. The number of benzene rings is 1. The summed E-state index contributed by atoms with van der Waals surface area (Å²) in [4.78, 5) is 9.26. The lowest BCUT2D eigenvalue weighted by Gasteiger charge is -2.04. The number of hydrogen-bond donors (Lipinski definition) is 2. The van der Waals surface area contributed by atoms with Crippen molar-refractivity contribution in [2.75, 3.05) is 5.32 Å². The van der Waals surface area contributed by atoms with Crippen LogP contribution in [0.15, 0.2) is 58.9 Å². The number of nitrogens with zero attached hydrogens (tertiary/aromatic N) is 3. The number of fused-ring (bicyclic) bond motifs is 1. The smallest absolute Gasteiger partial charge is 0.238 e. The fourth-order valence-electron chi connectivity index (χ4n) is 2.71. The minimum Gasteiger partial charge on any atom is -0.332 e. The molecule has 0 aliphatic heterocycles. The van der Waals surface area contributed by atoms with Gasteiger partial charge in [0.2, 0.25) is 10.0 Å². The van der Waals surface area contributed by atoms with E-state index in [0.717, 1.165) is 28.4 Å². The quantitative estimate of drug-likeness (QED) is 0.397. The van der Waals surface area contributed by atoms with E-state index in [0.29, 0.717) is 5.13 Å². The molecule has 0 bridgehead atoms. The lowest BCUT2D eigenvalue weighted by atomic mass is 10.3. The molecule has 0 aliphatic rings. The molecule has 4 rings (SSSR count). The van der Waals surface area contributed by atoms with E-state index >= 15 is 0 Å². The SMILES string of the molecule is Br.Br.Cc1nc2ccccn2c1-c1csc(Nc2ccc(S(N)(=O)=O)cc2)n1. The number of sulfonamides is 1. The maximum atomic E-state index is 11.3. The van der Waals surface area contributed by atoms with Gasteiger partial charge in [0.1, 0.15) is 11.3 Å². The van der Waals surface area contributed by atoms with E-state index in [4.69, 9.17) is 5.14 Å². The number of nitrogens with two attached hydrogens (primary N) is 1. The van der Waals surface area contributed by atoms with Crippen LogP contribution in [-0.4, -0.2) is 22.8 Å². The van der Waals surface area contributed by atoms with Crippen molar-refractivity contribution >= 4 is 71.8 Å². The minimum absolute atomic E-state index is 0. The first-order valence-corrected chi connectivity index (χ1v) is 10.1. The van der Waals surface area contributed by atoms with Gasteiger partial charge >= 0.3 is 0 Å². The second kappa shape index (κ2) is 8.70. The van der Waals surface area contributed by atoms with Gasteiger partial charge in [0.25, 0.3) is 0 Å². The second-order valence-electron chi connectivity index (χ2n) is 5.71. The molecular formula is C17H17Br2N5O2S2. The molecule has 0 atom stereocenters. The van der Waals surface area contributed by atoms with Crippen LogP contribution in [0.25, 0.3) is 17.0 Å². The molecule has 28 heavy (non-hydrogen) atoms.